The first kappa shape index (κ1) is 16.9. The van der Waals surface area contributed by atoms with Gasteiger partial charge in [0.1, 0.15) is 0 Å². The average Bonchev–Trinajstić information content (AvgIpc) is 2.52. The predicted octanol–water partition coefficient (Wildman–Crippen LogP) is 3.84. The second-order valence-electron chi connectivity index (χ2n) is 4.90. The smallest absolute Gasteiger partial charge is 0.257 e. The molecule has 0 radical (unpaired) electrons. The van der Waals surface area contributed by atoms with Crippen LogP contribution in [-0.2, 0) is 6.42 Å². The SMILES string of the molecule is Cc1ccc(C(=O)NC(=S)Nc2ccc(CC#N)cc2)cc1Cl. The fourth-order valence-corrected chi connectivity index (χ4v) is 2.26. The monoisotopic (exact) mass is 343 g/mol. The number of thiocarbonyl (C=S) groups is 1. The Balaban J connectivity index is 1.97. The molecule has 2 aromatic rings. The maximum absolute atomic E-state index is 12.1. The van der Waals surface area contributed by atoms with Crippen molar-refractivity contribution in [1.82, 2.24) is 5.32 Å². The first-order chi connectivity index (χ1) is 11.0. The highest BCUT2D eigenvalue weighted by molar-refractivity contribution is 7.80. The maximum Gasteiger partial charge on any atom is 0.257 e. The molecular weight excluding hydrogens is 330 g/mol. The molecule has 0 aromatic heterocycles. The molecule has 2 N–H and O–H groups in total. The zero-order valence-electron chi connectivity index (χ0n) is 12.4. The third-order valence-corrected chi connectivity index (χ3v) is 3.77. The van der Waals surface area contributed by atoms with Crippen LogP contribution in [0.5, 0.6) is 0 Å². The zero-order valence-corrected chi connectivity index (χ0v) is 14.0. The molecule has 23 heavy (non-hydrogen) atoms. The lowest BCUT2D eigenvalue weighted by Crippen LogP contribution is -2.34. The fraction of sp³-hybridized carbons (Fsp3) is 0.118. The molecule has 1 amide bonds. The Morgan fingerprint density at radius 2 is 1.96 bits per heavy atom. The molecule has 4 nitrogen and oxygen atoms in total. The molecule has 0 aliphatic heterocycles. The zero-order chi connectivity index (χ0) is 16.8. The summed E-state index contributed by atoms with van der Waals surface area (Å²) in [6, 6.07) is 14.4. The van der Waals surface area contributed by atoms with Crippen LogP contribution < -0.4 is 10.6 Å². The normalized spacial score (nSPS) is 9.78. The van der Waals surface area contributed by atoms with Gasteiger partial charge in [-0.2, -0.15) is 5.26 Å². The van der Waals surface area contributed by atoms with E-state index in [9.17, 15) is 4.79 Å². The number of halogens is 1. The fourth-order valence-electron chi connectivity index (χ4n) is 1.87. The standard InChI is InChI=1S/C17H14ClN3OS/c1-11-2-5-13(10-15(11)18)16(22)21-17(23)20-14-6-3-12(4-7-14)8-9-19/h2-7,10H,8H2,1H3,(H2,20,21,22,23). The van der Waals surface area contributed by atoms with Crippen molar-refractivity contribution in [3.05, 3.63) is 64.2 Å². The van der Waals surface area contributed by atoms with Crippen molar-refractivity contribution in [3.63, 3.8) is 0 Å². The number of amides is 1. The van der Waals surface area contributed by atoms with Crippen LogP contribution in [0.3, 0.4) is 0 Å². The van der Waals surface area contributed by atoms with E-state index >= 15 is 0 Å². The molecule has 0 saturated carbocycles. The summed E-state index contributed by atoms with van der Waals surface area (Å²) in [4.78, 5) is 12.1. The molecule has 0 bridgehead atoms. The molecule has 2 rings (SSSR count). The molecule has 2 aromatic carbocycles. The molecule has 0 saturated heterocycles. The van der Waals surface area contributed by atoms with Gasteiger partial charge in [0.05, 0.1) is 12.5 Å². The number of benzene rings is 2. The lowest BCUT2D eigenvalue weighted by molar-refractivity contribution is 0.0977. The van der Waals surface area contributed by atoms with E-state index in [2.05, 4.69) is 16.7 Å². The van der Waals surface area contributed by atoms with Gasteiger partial charge in [0, 0.05) is 16.3 Å². The molecule has 116 valence electrons. The number of hydrogen-bond acceptors (Lipinski definition) is 3. The molecular formula is C17H14ClN3OS. The lowest BCUT2D eigenvalue weighted by atomic mass is 10.1. The minimum atomic E-state index is -0.328. The lowest BCUT2D eigenvalue weighted by Gasteiger charge is -2.10. The molecule has 0 aliphatic carbocycles. The van der Waals surface area contributed by atoms with E-state index in [1.165, 1.54) is 0 Å². The molecule has 0 unspecified atom stereocenters. The van der Waals surface area contributed by atoms with Crippen molar-refractivity contribution in [2.75, 3.05) is 5.32 Å². The van der Waals surface area contributed by atoms with Crippen LogP contribution in [-0.4, -0.2) is 11.0 Å². The van der Waals surface area contributed by atoms with E-state index in [4.69, 9.17) is 29.1 Å². The van der Waals surface area contributed by atoms with E-state index < -0.39 is 0 Å². The first-order valence-electron chi connectivity index (χ1n) is 6.84. The summed E-state index contributed by atoms with van der Waals surface area (Å²) in [6.45, 7) is 1.87. The predicted molar refractivity (Wildman–Crippen MR) is 95.6 cm³/mol. The molecule has 0 aliphatic rings. The highest BCUT2D eigenvalue weighted by Crippen LogP contribution is 2.16. The largest absolute Gasteiger partial charge is 0.332 e. The summed E-state index contributed by atoms with van der Waals surface area (Å²) in [6.07, 6.45) is 0.357. The maximum atomic E-state index is 12.1. The van der Waals surface area contributed by atoms with Gasteiger partial charge in [0.25, 0.3) is 5.91 Å². The minimum Gasteiger partial charge on any atom is -0.332 e. The molecule has 0 atom stereocenters. The second kappa shape index (κ2) is 7.73. The van der Waals surface area contributed by atoms with Crippen LogP contribution in [0.15, 0.2) is 42.5 Å². The topological polar surface area (TPSA) is 64.9 Å². The van der Waals surface area contributed by atoms with Gasteiger partial charge in [-0.1, -0.05) is 29.8 Å². The molecule has 0 fully saturated rings. The number of aryl methyl sites for hydroxylation is 1. The van der Waals surface area contributed by atoms with Gasteiger partial charge in [-0.25, -0.2) is 0 Å². The summed E-state index contributed by atoms with van der Waals surface area (Å²) in [5.74, 6) is -0.328. The first-order valence-corrected chi connectivity index (χ1v) is 7.62. The Morgan fingerprint density at radius 1 is 1.26 bits per heavy atom. The Bertz CT molecular complexity index is 781. The highest BCUT2D eigenvalue weighted by Gasteiger charge is 2.09. The van der Waals surface area contributed by atoms with Gasteiger partial charge >= 0.3 is 0 Å². The van der Waals surface area contributed by atoms with E-state index in [1.54, 1.807) is 30.3 Å². The van der Waals surface area contributed by atoms with Crippen molar-refractivity contribution in [1.29, 1.82) is 5.26 Å². The Labute approximate surface area is 145 Å². The number of hydrogen-bond donors (Lipinski definition) is 2. The van der Waals surface area contributed by atoms with Crippen molar-refractivity contribution < 1.29 is 4.79 Å². The summed E-state index contributed by atoms with van der Waals surface area (Å²) in [7, 11) is 0. The quantitative estimate of drug-likeness (QED) is 0.831. The van der Waals surface area contributed by atoms with Gasteiger partial charge in [0.15, 0.2) is 5.11 Å². The number of rotatable bonds is 3. The summed E-state index contributed by atoms with van der Waals surface area (Å²) in [5.41, 5.74) is 3.00. The van der Waals surface area contributed by atoms with Gasteiger partial charge in [0.2, 0.25) is 0 Å². The highest BCUT2D eigenvalue weighted by atomic mass is 35.5. The molecule has 6 heteroatoms. The molecule has 0 spiro atoms. The summed E-state index contributed by atoms with van der Waals surface area (Å²) < 4.78 is 0. The minimum absolute atomic E-state index is 0.194. The summed E-state index contributed by atoms with van der Waals surface area (Å²) in [5, 5.41) is 14.9. The van der Waals surface area contributed by atoms with Gasteiger partial charge < -0.3 is 5.32 Å². The van der Waals surface area contributed by atoms with Crippen molar-refractivity contribution in [3.8, 4) is 6.07 Å². The van der Waals surface area contributed by atoms with E-state index in [0.29, 0.717) is 17.0 Å². The van der Waals surface area contributed by atoms with Crippen LogP contribution in [0.1, 0.15) is 21.5 Å². The van der Waals surface area contributed by atoms with Crippen molar-refractivity contribution in [2.45, 2.75) is 13.3 Å². The van der Waals surface area contributed by atoms with Gasteiger partial charge in [-0.05, 0) is 54.5 Å². The number of nitrogens with zero attached hydrogens (tertiary/aromatic N) is 1. The van der Waals surface area contributed by atoms with E-state index in [-0.39, 0.29) is 11.0 Å². The van der Waals surface area contributed by atoms with E-state index in [0.717, 1.165) is 16.8 Å². The number of carbonyl (C=O) groups excluding carboxylic acids is 1. The van der Waals surface area contributed by atoms with Crippen molar-refractivity contribution in [2.24, 2.45) is 0 Å². The van der Waals surface area contributed by atoms with E-state index in [1.807, 2.05) is 19.1 Å². The third kappa shape index (κ3) is 4.78. The number of nitrogens with one attached hydrogen (secondary N) is 2. The van der Waals surface area contributed by atoms with Crippen LogP contribution in [0.2, 0.25) is 5.02 Å². The number of anilines is 1. The average molecular weight is 344 g/mol. The second-order valence-corrected chi connectivity index (χ2v) is 5.72. The van der Waals surface area contributed by atoms with Crippen LogP contribution in [0.4, 0.5) is 5.69 Å². The molecule has 0 heterocycles. The number of nitriles is 1. The van der Waals surface area contributed by atoms with Crippen LogP contribution in [0.25, 0.3) is 0 Å². The van der Waals surface area contributed by atoms with Crippen molar-refractivity contribution >= 4 is 40.5 Å². The Morgan fingerprint density at radius 3 is 2.57 bits per heavy atom. The van der Waals surface area contributed by atoms with Gasteiger partial charge in [-0.3, -0.25) is 10.1 Å². The van der Waals surface area contributed by atoms with Crippen LogP contribution >= 0.6 is 23.8 Å². The third-order valence-electron chi connectivity index (χ3n) is 3.16. The Kier molecular flexibility index (Phi) is 5.69. The van der Waals surface area contributed by atoms with Crippen LogP contribution in [0, 0.1) is 18.3 Å². The summed E-state index contributed by atoms with van der Waals surface area (Å²) >= 11 is 11.1. The van der Waals surface area contributed by atoms with Gasteiger partial charge in [-0.15, -0.1) is 0 Å². The number of carbonyl (C=O) groups is 1. The Hall–Kier alpha value is -2.42.